The molecule has 0 aromatic heterocycles. The second-order valence-electron chi connectivity index (χ2n) is 9.98. The number of hydrogen-bond acceptors (Lipinski definition) is 6. The normalized spacial score (nSPS) is 11.2. The van der Waals surface area contributed by atoms with Gasteiger partial charge in [-0.25, -0.2) is 8.42 Å². The highest BCUT2D eigenvalue weighted by Crippen LogP contribution is 2.29. The van der Waals surface area contributed by atoms with Crippen LogP contribution in [0, 0.1) is 0 Å². The molecule has 0 heterocycles. The van der Waals surface area contributed by atoms with E-state index in [0.717, 1.165) is 54.4 Å². The first-order valence-corrected chi connectivity index (χ1v) is 15.7. The number of carboxylic acids is 2. The van der Waals surface area contributed by atoms with Gasteiger partial charge in [-0.05, 0) is 78.6 Å². The Labute approximate surface area is 241 Å². The van der Waals surface area contributed by atoms with E-state index in [2.05, 4.69) is 0 Å². The number of unbranched alkanes of at least 4 members (excludes halogenated alkanes) is 3. The summed E-state index contributed by atoms with van der Waals surface area (Å²) in [7, 11) is -3.40. The van der Waals surface area contributed by atoms with Crippen molar-refractivity contribution < 1.29 is 37.7 Å². The van der Waals surface area contributed by atoms with Crippen molar-refractivity contribution in [2.45, 2.75) is 62.7 Å². The molecule has 0 saturated carbocycles. The van der Waals surface area contributed by atoms with Gasteiger partial charge < -0.3 is 19.7 Å². The largest absolute Gasteiger partial charge is 0.494 e. The monoisotopic (exact) mass is 582 g/mol. The predicted octanol–water partition coefficient (Wildman–Crippen LogP) is 6.20. The van der Waals surface area contributed by atoms with Crippen LogP contribution in [0.4, 0.5) is 0 Å². The molecule has 0 fully saturated rings. The van der Waals surface area contributed by atoms with E-state index in [1.807, 2.05) is 48.5 Å². The topological polar surface area (TPSA) is 127 Å². The minimum Gasteiger partial charge on any atom is -0.494 e. The maximum Gasteiger partial charge on any atom is 0.303 e. The molecule has 3 aromatic carbocycles. The summed E-state index contributed by atoms with van der Waals surface area (Å²) < 4.78 is 36.2. The van der Waals surface area contributed by atoms with Crippen LogP contribution in [0.2, 0.25) is 0 Å². The van der Waals surface area contributed by atoms with Crippen LogP contribution in [0.1, 0.15) is 56.1 Å². The fourth-order valence-corrected chi connectivity index (χ4v) is 5.20. The Bertz CT molecular complexity index is 1400. The second kappa shape index (κ2) is 15.8. The molecule has 41 heavy (non-hydrogen) atoms. The zero-order valence-corrected chi connectivity index (χ0v) is 24.2. The lowest BCUT2D eigenvalue weighted by atomic mass is 9.97. The summed E-state index contributed by atoms with van der Waals surface area (Å²) in [5, 5.41) is 18.0. The molecule has 0 amide bonds. The predicted molar refractivity (Wildman–Crippen MR) is 157 cm³/mol. The summed E-state index contributed by atoms with van der Waals surface area (Å²) in [4.78, 5) is 22.2. The first-order chi connectivity index (χ1) is 19.6. The number of rotatable bonds is 18. The minimum absolute atomic E-state index is 0.00758. The van der Waals surface area contributed by atoms with Gasteiger partial charge in [-0.1, -0.05) is 55.3 Å². The molecule has 8 nitrogen and oxygen atoms in total. The number of aliphatic carboxylic acids is 2. The summed E-state index contributed by atoms with van der Waals surface area (Å²) in [5.74, 6) is -0.614. The third-order valence-electron chi connectivity index (χ3n) is 6.64. The van der Waals surface area contributed by atoms with Crippen molar-refractivity contribution in [2.24, 2.45) is 0 Å². The molecule has 2 N–H and O–H groups in total. The van der Waals surface area contributed by atoms with E-state index < -0.39 is 21.8 Å². The van der Waals surface area contributed by atoms with Gasteiger partial charge in [0.15, 0.2) is 9.84 Å². The van der Waals surface area contributed by atoms with Gasteiger partial charge in [-0.2, -0.15) is 0 Å². The molecule has 9 heteroatoms. The summed E-state index contributed by atoms with van der Waals surface area (Å²) in [6.07, 6.45) is 6.30. The van der Waals surface area contributed by atoms with Gasteiger partial charge in [0.05, 0.1) is 18.1 Å². The zero-order chi connectivity index (χ0) is 29.7. The van der Waals surface area contributed by atoms with E-state index in [-0.39, 0.29) is 24.3 Å². The number of benzene rings is 3. The quantitative estimate of drug-likeness (QED) is 0.170. The highest BCUT2D eigenvalue weighted by atomic mass is 32.2. The first kappa shape index (κ1) is 31.7. The number of sulfone groups is 1. The van der Waals surface area contributed by atoms with Gasteiger partial charge >= 0.3 is 11.9 Å². The third kappa shape index (κ3) is 10.9. The van der Waals surface area contributed by atoms with Crippen LogP contribution in [0.3, 0.4) is 0 Å². The molecule has 0 saturated heterocycles. The Morgan fingerprint density at radius 1 is 0.707 bits per heavy atom. The van der Waals surface area contributed by atoms with Gasteiger partial charge in [0.1, 0.15) is 11.5 Å². The van der Waals surface area contributed by atoms with E-state index in [1.54, 1.807) is 18.2 Å². The number of carbonyl (C=O) groups is 2. The Morgan fingerprint density at radius 2 is 1.41 bits per heavy atom. The van der Waals surface area contributed by atoms with E-state index >= 15 is 0 Å². The van der Waals surface area contributed by atoms with Gasteiger partial charge in [0.2, 0.25) is 0 Å². The molecule has 0 unspecified atom stereocenters. The summed E-state index contributed by atoms with van der Waals surface area (Å²) in [6.45, 7) is 0.723. The van der Waals surface area contributed by atoms with Crippen LogP contribution in [0.5, 0.6) is 11.5 Å². The molecule has 0 spiro atoms. The molecule has 0 bridgehead atoms. The maximum absolute atomic E-state index is 12.2. The van der Waals surface area contributed by atoms with Crippen molar-refractivity contribution in [1.29, 1.82) is 0 Å². The van der Waals surface area contributed by atoms with E-state index in [9.17, 15) is 23.1 Å². The van der Waals surface area contributed by atoms with E-state index in [0.29, 0.717) is 30.9 Å². The molecule has 220 valence electrons. The highest BCUT2D eigenvalue weighted by molar-refractivity contribution is 7.90. The van der Waals surface area contributed by atoms with Crippen LogP contribution < -0.4 is 9.47 Å². The molecule has 0 aliphatic rings. The molecule has 0 radical (unpaired) electrons. The number of ether oxygens (including phenoxy) is 2. The van der Waals surface area contributed by atoms with Crippen molar-refractivity contribution in [3.05, 3.63) is 77.9 Å². The molecule has 3 aromatic rings. The summed E-state index contributed by atoms with van der Waals surface area (Å²) in [5.41, 5.74) is 3.62. The van der Waals surface area contributed by atoms with Crippen molar-refractivity contribution in [3.63, 3.8) is 0 Å². The van der Waals surface area contributed by atoms with Gasteiger partial charge in [-0.3, -0.25) is 9.59 Å². The number of aryl methyl sites for hydroxylation is 1. The maximum atomic E-state index is 12.2. The van der Waals surface area contributed by atoms with Crippen molar-refractivity contribution in [2.75, 3.05) is 19.5 Å². The Morgan fingerprint density at radius 3 is 2.12 bits per heavy atom. The number of carboxylic acid groups (broad SMARTS) is 2. The minimum atomic E-state index is -3.40. The molecule has 3 rings (SSSR count). The average molecular weight is 583 g/mol. The summed E-state index contributed by atoms with van der Waals surface area (Å²) >= 11 is 0. The molecular weight excluding hydrogens is 544 g/mol. The van der Waals surface area contributed by atoms with Crippen LogP contribution in [0.25, 0.3) is 11.1 Å². The van der Waals surface area contributed by atoms with Crippen LogP contribution in [0.15, 0.2) is 71.6 Å². The molecule has 0 atom stereocenters. The fraction of sp³-hybridized carbons (Fsp3) is 0.375. The molecule has 0 aliphatic carbocycles. The Kier molecular flexibility index (Phi) is 12.2. The lowest BCUT2D eigenvalue weighted by molar-refractivity contribution is -0.138. The molecule has 0 aliphatic heterocycles. The zero-order valence-electron chi connectivity index (χ0n) is 23.4. The molecular formula is C32H38O8S. The van der Waals surface area contributed by atoms with Gasteiger partial charge in [-0.15, -0.1) is 0 Å². The van der Waals surface area contributed by atoms with Crippen molar-refractivity contribution >= 4 is 21.8 Å². The standard InChI is InChI=1S/C32H38O8S/c1-41(37,38)28-22-26(24-11-6-4-7-12-24)21-27(23-28)39-19-8-3-2-5-13-25-14-9-15-30(29(25)17-18-32(35)36)40-20-10-16-31(33)34/h4,6-7,9,11-12,14-15,21-23H,2-3,5,8,10,13,16-20H2,1H3,(H,33,34)(H,35,36). The van der Waals surface area contributed by atoms with Crippen LogP contribution in [-0.2, 0) is 32.3 Å². The summed E-state index contributed by atoms with van der Waals surface area (Å²) in [6, 6.07) is 20.4. The van der Waals surface area contributed by atoms with Crippen LogP contribution in [-0.4, -0.2) is 50.0 Å². The average Bonchev–Trinajstić information content (AvgIpc) is 2.94. The SMILES string of the molecule is CS(=O)(=O)c1cc(OCCCCCCc2cccc(OCCCC(=O)O)c2CCC(=O)O)cc(-c2ccccc2)c1. The first-order valence-electron chi connectivity index (χ1n) is 13.8. The van der Waals surface area contributed by atoms with Crippen molar-refractivity contribution in [1.82, 2.24) is 0 Å². The van der Waals surface area contributed by atoms with Gasteiger partial charge in [0.25, 0.3) is 0 Å². The Balaban J connectivity index is 1.52. The number of hydrogen-bond donors (Lipinski definition) is 2. The second-order valence-corrected chi connectivity index (χ2v) is 12.0. The van der Waals surface area contributed by atoms with E-state index in [1.165, 1.54) is 6.26 Å². The smallest absolute Gasteiger partial charge is 0.303 e. The lowest BCUT2D eigenvalue weighted by Gasteiger charge is -2.15. The van der Waals surface area contributed by atoms with Crippen LogP contribution >= 0.6 is 0 Å². The lowest BCUT2D eigenvalue weighted by Crippen LogP contribution is -2.07. The highest BCUT2D eigenvalue weighted by Gasteiger charge is 2.14. The Hall–Kier alpha value is -3.85. The van der Waals surface area contributed by atoms with E-state index in [4.69, 9.17) is 14.6 Å². The fourth-order valence-electron chi connectivity index (χ4n) is 4.53. The third-order valence-corrected chi connectivity index (χ3v) is 7.73. The van der Waals surface area contributed by atoms with Crippen molar-refractivity contribution in [3.8, 4) is 22.6 Å². The van der Waals surface area contributed by atoms with Gasteiger partial charge in [0, 0.05) is 19.1 Å².